The van der Waals surface area contributed by atoms with Crippen LogP contribution in [0.25, 0.3) is 33.9 Å². The summed E-state index contributed by atoms with van der Waals surface area (Å²) in [5.74, 6) is 0. The van der Waals surface area contributed by atoms with Crippen molar-refractivity contribution in [3.63, 3.8) is 0 Å². The van der Waals surface area contributed by atoms with Crippen molar-refractivity contribution in [2.45, 2.75) is 27.7 Å². The Balaban J connectivity index is 1.56. The summed E-state index contributed by atoms with van der Waals surface area (Å²) in [5, 5.41) is 0. The largest absolute Gasteiger partial charge is 0.254 e. The molecule has 0 unspecified atom stereocenters. The first-order valence-corrected chi connectivity index (χ1v) is 11.7. The Morgan fingerprint density at radius 2 is 0.706 bits per heavy atom. The van der Waals surface area contributed by atoms with Crippen molar-refractivity contribution in [3.8, 4) is 22.8 Å². The van der Waals surface area contributed by atoms with Crippen molar-refractivity contribution in [3.05, 3.63) is 107 Å². The maximum absolute atomic E-state index is 4.72. The first kappa shape index (κ1) is 19.5. The number of allylic oxidation sites excluding steroid dienone is 2. The lowest BCUT2D eigenvalue weighted by Gasteiger charge is -2.58. The maximum Gasteiger partial charge on any atom is 0.0970 e. The summed E-state index contributed by atoms with van der Waals surface area (Å²) in [6.45, 7) is 9.44. The van der Waals surface area contributed by atoms with Gasteiger partial charge in [0.05, 0.1) is 22.8 Å². The van der Waals surface area contributed by atoms with Crippen molar-refractivity contribution in [1.82, 2.24) is 19.9 Å². The van der Waals surface area contributed by atoms with Crippen LogP contribution in [0.5, 0.6) is 0 Å². The van der Waals surface area contributed by atoms with E-state index in [4.69, 9.17) is 19.9 Å². The van der Waals surface area contributed by atoms with Crippen LogP contribution in [0.4, 0.5) is 0 Å². The first-order valence-electron chi connectivity index (χ1n) is 11.7. The molecule has 0 amide bonds. The average molecular weight is 441 g/mol. The average Bonchev–Trinajstić information content (AvgIpc) is 3.33. The van der Waals surface area contributed by atoms with E-state index < -0.39 is 0 Å². The highest BCUT2D eigenvalue weighted by molar-refractivity contribution is 6.05. The van der Waals surface area contributed by atoms with E-state index in [-0.39, 0.29) is 10.8 Å². The minimum absolute atomic E-state index is 0.150. The van der Waals surface area contributed by atoms with Gasteiger partial charge in [0, 0.05) is 57.9 Å². The van der Waals surface area contributed by atoms with Gasteiger partial charge in [-0.1, -0.05) is 52.0 Å². The smallest absolute Gasteiger partial charge is 0.0970 e. The zero-order chi connectivity index (χ0) is 23.2. The van der Waals surface area contributed by atoms with Crippen molar-refractivity contribution < 1.29 is 0 Å². The second-order valence-electron chi connectivity index (χ2n) is 10.3. The minimum Gasteiger partial charge on any atom is -0.254 e. The molecule has 7 rings (SSSR count). The molecule has 4 aromatic heterocycles. The third-order valence-corrected chi connectivity index (χ3v) is 7.76. The van der Waals surface area contributed by atoms with E-state index in [0.29, 0.717) is 0 Å². The third kappa shape index (κ3) is 2.23. The molecule has 0 aromatic carbocycles. The monoisotopic (exact) mass is 440 g/mol. The quantitative estimate of drug-likeness (QED) is 0.267. The van der Waals surface area contributed by atoms with Crippen LogP contribution in [0.2, 0.25) is 0 Å². The predicted molar refractivity (Wildman–Crippen MR) is 135 cm³/mol. The lowest BCUT2D eigenvalue weighted by atomic mass is 9.45. The molecule has 34 heavy (non-hydrogen) atoms. The van der Waals surface area contributed by atoms with Gasteiger partial charge in [-0.3, -0.25) is 19.9 Å². The van der Waals surface area contributed by atoms with Crippen LogP contribution in [0.3, 0.4) is 0 Å². The fourth-order valence-corrected chi connectivity index (χ4v) is 7.01. The molecule has 3 aliphatic carbocycles. The molecule has 0 radical (unpaired) electrons. The molecule has 164 valence electrons. The lowest BCUT2D eigenvalue weighted by Crippen LogP contribution is -2.47. The van der Waals surface area contributed by atoms with Gasteiger partial charge in [0.25, 0.3) is 0 Å². The molecular formula is C30H24N4. The van der Waals surface area contributed by atoms with Crippen molar-refractivity contribution in [2.75, 3.05) is 0 Å². The number of pyridine rings is 4. The van der Waals surface area contributed by atoms with Gasteiger partial charge in [-0.05, 0) is 46.6 Å². The molecule has 0 atom stereocenters. The van der Waals surface area contributed by atoms with Crippen LogP contribution < -0.4 is 0 Å². The SMILES string of the molecule is CC1(C)C(=C2c3cccnc3-c3ncccc32)C(C)(C)C1=C1c2cccnc2-c2ncccc21. The second kappa shape index (κ2) is 6.35. The van der Waals surface area contributed by atoms with Gasteiger partial charge >= 0.3 is 0 Å². The fraction of sp³-hybridized carbons (Fsp3) is 0.200. The normalized spacial score (nSPS) is 18.2. The third-order valence-electron chi connectivity index (χ3n) is 7.76. The fourth-order valence-electron chi connectivity index (χ4n) is 7.01. The Kier molecular flexibility index (Phi) is 3.65. The standard InChI is InChI=1S/C30H24N4/c1-29(2)27(21-17-9-5-13-31-23(17)24-18(21)10-6-14-32-24)30(3,4)28(29)22-19-11-7-15-33-25(19)26-20(22)12-8-16-34-26/h5-16H,1-4H3. The number of hydrogen-bond donors (Lipinski definition) is 0. The molecule has 0 bridgehead atoms. The summed E-state index contributed by atoms with van der Waals surface area (Å²) < 4.78 is 0. The van der Waals surface area contributed by atoms with Gasteiger partial charge < -0.3 is 0 Å². The second-order valence-corrected chi connectivity index (χ2v) is 10.3. The molecule has 4 heteroatoms. The summed E-state index contributed by atoms with van der Waals surface area (Å²) in [6.07, 6.45) is 7.45. The molecule has 0 aliphatic heterocycles. The van der Waals surface area contributed by atoms with Gasteiger partial charge in [0.2, 0.25) is 0 Å². The Bertz CT molecular complexity index is 1370. The molecule has 0 saturated heterocycles. The Hall–Kier alpha value is -3.92. The molecule has 0 spiro atoms. The van der Waals surface area contributed by atoms with Crippen LogP contribution in [0, 0.1) is 10.8 Å². The van der Waals surface area contributed by atoms with Crippen LogP contribution in [0.15, 0.2) is 84.5 Å². The van der Waals surface area contributed by atoms with Crippen LogP contribution in [0.1, 0.15) is 49.9 Å². The minimum atomic E-state index is -0.150. The number of nitrogens with zero attached hydrogens (tertiary/aromatic N) is 4. The van der Waals surface area contributed by atoms with E-state index in [2.05, 4.69) is 52.0 Å². The van der Waals surface area contributed by atoms with Gasteiger partial charge in [-0.25, -0.2) is 0 Å². The summed E-state index contributed by atoms with van der Waals surface area (Å²) in [4.78, 5) is 18.9. The predicted octanol–water partition coefficient (Wildman–Crippen LogP) is 6.60. The zero-order valence-electron chi connectivity index (χ0n) is 19.7. The molecule has 4 nitrogen and oxygen atoms in total. The summed E-state index contributed by atoms with van der Waals surface area (Å²) in [7, 11) is 0. The molecule has 4 heterocycles. The van der Waals surface area contributed by atoms with Crippen molar-refractivity contribution in [1.29, 1.82) is 0 Å². The molecule has 4 aromatic rings. The highest BCUT2D eigenvalue weighted by Crippen LogP contribution is 2.70. The number of aromatic nitrogens is 4. The highest BCUT2D eigenvalue weighted by atomic mass is 14.8. The molecular weight excluding hydrogens is 416 g/mol. The number of rotatable bonds is 0. The number of hydrogen-bond acceptors (Lipinski definition) is 4. The van der Waals surface area contributed by atoms with Crippen molar-refractivity contribution >= 4 is 11.1 Å². The van der Waals surface area contributed by atoms with Crippen LogP contribution >= 0.6 is 0 Å². The van der Waals surface area contributed by atoms with Crippen LogP contribution in [-0.4, -0.2) is 19.9 Å². The first-order chi connectivity index (χ1) is 16.4. The van der Waals surface area contributed by atoms with E-state index in [1.807, 2.05) is 49.1 Å². The zero-order valence-corrected chi connectivity index (χ0v) is 19.7. The van der Waals surface area contributed by atoms with Crippen LogP contribution in [-0.2, 0) is 0 Å². The van der Waals surface area contributed by atoms with E-state index in [0.717, 1.165) is 22.8 Å². The highest BCUT2D eigenvalue weighted by Gasteiger charge is 2.57. The Morgan fingerprint density at radius 3 is 0.971 bits per heavy atom. The Morgan fingerprint density at radius 1 is 0.441 bits per heavy atom. The van der Waals surface area contributed by atoms with E-state index in [1.165, 1.54) is 44.5 Å². The Labute approximate surface area is 199 Å². The van der Waals surface area contributed by atoms with E-state index in [1.54, 1.807) is 0 Å². The molecule has 1 fully saturated rings. The van der Waals surface area contributed by atoms with Gasteiger partial charge in [0.1, 0.15) is 0 Å². The van der Waals surface area contributed by atoms with E-state index >= 15 is 0 Å². The van der Waals surface area contributed by atoms with Crippen molar-refractivity contribution in [2.24, 2.45) is 10.8 Å². The van der Waals surface area contributed by atoms with Gasteiger partial charge in [0.15, 0.2) is 0 Å². The van der Waals surface area contributed by atoms with Gasteiger partial charge in [-0.15, -0.1) is 0 Å². The molecule has 1 saturated carbocycles. The summed E-state index contributed by atoms with van der Waals surface area (Å²) in [5.41, 5.74) is 13.8. The topological polar surface area (TPSA) is 51.6 Å². The molecule has 3 aliphatic rings. The maximum atomic E-state index is 4.72. The lowest BCUT2D eigenvalue weighted by molar-refractivity contribution is 0.258. The summed E-state index contributed by atoms with van der Waals surface area (Å²) in [6, 6.07) is 16.9. The van der Waals surface area contributed by atoms with Gasteiger partial charge in [-0.2, -0.15) is 0 Å². The van der Waals surface area contributed by atoms with E-state index in [9.17, 15) is 0 Å². The molecule has 0 N–H and O–H groups in total. The number of fused-ring (bicyclic) bond motifs is 6. The summed E-state index contributed by atoms with van der Waals surface area (Å²) >= 11 is 0.